The number of anilines is 1. The molecule has 0 bridgehead atoms. The second-order valence-corrected chi connectivity index (χ2v) is 10.2. The summed E-state index contributed by atoms with van der Waals surface area (Å²) in [6.07, 6.45) is 1.87. The quantitative estimate of drug-likeness (QED) is 0.314. The van der Waals surface area contributed by atoms with Crippen molar-refractivity contribution in [3.05, 3.63) is 29.6 Å². The van der Waals surface area contributed by atoms with E-state index in [4.69, 9.17) is 4.74 Å². The van der Waals surface area contributed by atoms with Gasteiger partial charge in [0.2, 0.25) is 11.8 Å². The average Bonchev–Trinajstić information content (AvgIpc) is 2.80. The Bertz CT molecular complexity index is 972. The van der Waals surface area contributed by atoms with Gasteiger partial charge in [-0.05, 0) is 70.7 Å². The van der Waals surface area contributed by atoms with Crippen molar-refractivity contribution in [2.75, 3.05) is 38.0 Å². The molecule has 11 heteroatoms. The molecule has 0 saturated carbocycles. The number of amides is 4. The van der Waals surface area contributed by atoms with Crippen molar-refractivity contribution >= 4 is 29.5 Å². The summed E-state index contributed by atoms with van der Waals surface area (Å²) in [6, 6.07) is 3.36. The highest BCUT2D eigenvalue weighted by Crippen LogP contribution is 2.19. The molecule has 2 aliphatic rings. The maximum atomic E-state index is 14.5. The highest BCUT2D eigenvalue weighted by atomic mass is 19.1. The second kappa shape index (κ2) is 12.2. The van der Waals surface area contributed by atoms with Crippen molar-refractivity contribution in [2.45, 2.75) is 58.1 Å². The molecular formula is C25H36FN5O5. The Labute approximate surface area is 210 Å². The Hall–Kier alpha value is -3.21. The van der Waals surface area contributed by atoms with Gasteiger partial charge in [0.15, 0.2) is 0 Å². The Balaban J connectivity index is 1.34. The van der Waals surface area contributed by atoms with Crippen LogP contribution in [0, 0.1) is 11.7 Å². The van der Waals surface area contributed by atoms with E-state index in [-0.39, 0.29) is 30.4 Å². The molecule has 0 aliphatic carbocycles. The number of carbonyl (C=O) groups excluding carboxylic acids is 4. The first kappa shape index (κ1) is 27.4. The highest BCUT2D eigenvalue weighted by Gasteiger charge is 2.29. The molecule has 198 valence electrons. The number of benzene rings is 1. The zero-order valence-electron chi connectivity index (χ0n) is 21.1. The Morgan fingerprint density at radius 1 is 1.14 bits per heavy atom. The van der Waals surface area contributed by atoms with Gasteiger partial charge in [0.1, 0.15) is 17.5 Å². The summed E-state index contributed by atoms with van der Waals surface area (Å²) in [5.41, 5.74) is -0.118. The summed E-state index contributed by atoms with van der Waals surface area (Å²) in [6.45, 7) is 9.02. The SMILES string of the molecule is CC(C)(C)OC(=O)N1CCC(CNCCNc2ccc(C(=O)NC3CCC(=O)NC3=O)c(F)c2)CC1. The maximum Gasteiger partial charge on any atom is 0.410 e. The topological polar surface area (TPSA) is 129 Å². The number of hydrogen-bond acceptors (Lipinski definition) is 7. The zero-order chi connectivity index (χ0) is 26.3. The molecule has 2 heterocycles. The minimum atomic E-state index is -0.858. The minimum absolute atomic E-state index is 0.126. The molecule has 36 heavy (non-hydrogen) atoms. The summed E-state index contributed by atoms with van der Waals surface area (Å²) in [4.78, 5) is 49.3. The van der Waals surface area contributed by atoms with E-state index in [1.54, 1.807) is 11.0 Å². The number of ether oxygens (including phenoxy) is 1. The molecule has 1 aromatic rings. The molecule has 0 spiro atoms. The van der Waals surface area contributed by atoms with E-state index in [2.05, 4.69) is 21.3 Å². The average molecular weight is 506 g/mol. The van der Waals surface area contributed by atoms with E-state index in [1.807, 2.05) is 20.8 Å². The minimum Gasteiger partial charge on any atom is -0.444 e. The number of imide groups is 1. The van der Waals surface area contributed by atoms with Crippen LogP contribution in [0.25, 0.3) is 0 Å². The van der Waals surface area contributed by atoms with E-state index >= 15 is 0 Å². The number of nitrogens with one attached hydrogen (secondary N) is 4. The van der Waals surface area contributed by atoms with E-state index in [1.165, 1.54) is 12.1 Å². The molecule has 1 unspecified atom stereocenters. The molecule has 4 N–H and O–H groups in total. The molecule has 1 atom stereocenters. The fraction of sp³-hybridized carbons (Fsp3) is 0.600. The lowest BCUT2D eigenvalue weighted by Crippen LogP contribution is -2.52. The number of likely N-dealkylation sites (tertiary alicyclic amines) is 1. The molecule has 0 aromatic heterocycles. The fourth-order valence-electron chi connectivity index (χ4n) is 4.12. The van der Waals surface area contributed by atoms with Crippen LogP contribution in [-0.2, 0) is 14.3 Å². The van der Waals surface area contributed by atoms with Crippen molar-refractivity contribution in [3.8, 4) is 0 Å². The van der Waals surface area contributed by atoms with Crippen LogP contribution < -0.4 is 21.3 Å². The Kier molecular flexibility index (Phi) is 9.25. The van der Waals surface area contributed by atoms with Gasteiger partial charge in [0.05, 0.1) is 5.56 Å². The Morgan fingerprint density at radius 2 is 1.86 bits per heavy atom. The van der Waals surface area contributed by atoms with Crippen LogP contribution in [0.15, 0.2) is 18.2 Å². The van der Waals surface area contributed by atoms with E-state index < -0.39 is 29.3 Å². The van der Waals surface area contributed by atoms with Gasteiger partial charge in [-0.1, -0.05) is 0 Å². The first-order valence-electron chi connectivity index (χ1n) is 12.4. The van der Waals surface area contributed by atoms with Gasteiger partial charge in [-0.2, -0.15) is 0 Å². The molecule has 2 aliphatic heterocycles. The molecule has 10 nitrogen and oxygen atoms in total. The van der Waals surface area contributed by atoms with Crippen molar-refractivity contribution in [1.29, 1.82) is 0 Å². The predicted molar refractivity (Wildman–Crippen MR) is 132 cm³/mol. The van der Waals surface area contributed by atoms with Gasteiger partial charge in [-0.3, -0.25) is 19.7 Å². The summed E-state index contributed by atoms with van der Waals surface area (Å²) in [5, 5.41) is 11.1. The third-order valence-corrected chi connectivity index (χ3v) is 6.09. The number of rotatable bonds is 8. The third-order valence-electron chi connectivity index (χ3n) is 6.09. The number of halogens is 1. The summed E-state index contributed by atoms with van der Waals surface area (Å²) in [5.74, 6) is -1.89. The molecule has 2 fully saturated rings. The standard InChI is InChI=1S/C25H36FN5O5/c1-25(2,3)36-24(35)31-12-8-16(9-13-31)15-27-10-11-28-17-4-5-18(19(26)14-17)22(33)29-20-6-7-21(32)30-23(20)34/h4-5,14,16,20,27-28H,6-13,15H2,1-3H3,(H,29,33)(H,30,32,34). The van der Waals surface area contributed by atoms with Crippen molar-refractivity contribution < 1.29 is 28.3 Å². The fourth-order valence-corrected chi connectivity index (χ4v) is 4.12. The van der Waals surface area contributed by atoms with Crippen molar-refractivity contribution in [3.63, 3.8) is 0 Å². The number of nitrogens with zero attached hydrogens (tertiary/aromatic N) is 1. The predicted octanol–water partition coefficient (Wildman–Crippen LogP) is 2.01. The molecule has 2 saturated heterocycles. The summed E-state index contributed by atoms with van der Waals surface area (Å²) >= 11 is 0. The molecule has 3 rings (SSSR count). The molecule has 4 amide bonds. The van der Waals surface area contributed by atoms with Crippen LogP contribution >= 0.6 is 0 Å². The number of hydrogen-bond donors (Lipinski definition) is 4. The lowest BCUT2D eigenvalue weighted by atomic mass is 9.97. The first-order valence-corrected chi connectivity index (χ1v) is 12.4. The lowest BCUT2D eigenvalue weighted by Gasteiger charge is -2.33. The van der Waals surface area contributed by atoms with E-state index in [9.17, 15) is 23.6 Å². The van der Waals surface area contributed by atoms with Crippen LogP contribution in [0.2, 0.25) is 0 Å². The van der Waals surface area contributed by atoms with Gasteiger partial charge in [0.25, 0.3) is 5.91 Å². The maximum absolute atomic E-state index is 14.5. The number of piperidine rings is 2. The molecular weight excluding hydrogens is 469 g/mol. The van der Waals surface area contributed by atoms with Gasteiger partial charge >= 0.3 is 6.09 Å². The van der Waals surface area contributed by atoms with E-state index in [0.717, 1.165) is 19.4 Å². The number of carbonyl (C=O) groups is 4. The normalized spacial score (nSPS) is 19.0. The van der Waals surface area contributed by atoms with Crippen LogP contribution in [0.5, 0.6) is 0 Å². The second-order valence-electron chi connectivity index (χ2n) is 10.2. The van der Waals surface area contributed by atoms with Gasteiger partial charge in [0, 0.05) is 38.3 Å². The Morgan fingerprint density at radius 3 is 2.50 bits per heavy atom. The summed E-state index contributed by atoms with van der Waals surface area (Å²) in [7, 11) is 0. The first-order chi connectivity index (χ1) is 17.0. The van der Waals surface area contributed by atoms with Gasteiger partial charge in [-0.15, -0.1) is 0 Å². The third kappa shape index (κ3) is 8.18. The van der Waals surface area contributed by atoms with Gasteiger partial charge in [-0.25, -0.2) is 9.18 Å². The highest BCUT2D eigenvalue weighted by molar-refractivity contribution is 6.03. The van der Waals surface area contributed by atoms with Crippen molar-refractivity contribution in [2.24, 2.45) is 5.92 Å². The largest absolute Gasteiger partial charge is 0.444 e. The molecule has 0 radical (unpaired) electrons. The smallest absolute Gasteiger partial charge is 0.410 e. The zero-order valence-corrected chi connectivity index (χ0v) is 21.1. The van der Waals surface area contributed by atoms with Crippen molar-refractivity contribution in [1.82, 2.24) is 20.9 Å². The van der Waals surface area contributed by atoms with Crippen LogP contribution in [0.3, 0.4) is 0 Å². The van der Waals surface area contributed by atoms with Crippen LogP contribution in [0.1, 0.15) is 56.8 Å². The van der Waals surface area contributed by atoms with Crippen LogP contribution in [0.4, 0.5) is 14.9 Å². The monoisotopic (exact) mass is 505 g/mol. The van der Waals surface area contributed by atoms with Gasteiger partial charge < -0.3 is 25.6 Å². The van der Waals surface area contributed by atoms with E-state index in [0.29, 0.717) is 37.8 Å². The summed E-state index contributed by atoms with van der Waals surface area (Å²) < 4.78 is 19.9. The molecule has 1 aromatic carbocycles. The lowest BCUT2D eigenvalue weighted by molar-refractivity contribution is -0.134. The van der Waals surface area contributed by atoms with Crippen LogP contribution in [-0.4, -0.2) is 73.1 Å².